The molecular formula is C19H26N4O2. The summed E-state index contributed by atoms with van der Waals surface area (Å²) in [5, 5.41) is 7.00. The first kappa shape index (κ1) is 17.5. The number of carbonyl (C=O) groups excluding carboxylic acids is 1. The molecule has 3 atom stereocenters. The summed E-state index contributed by atoms with van der Waals surface area (Å²) in [6, 6.07) is 8.51. The van der Waals surface area contributed by atoms with Crippen LogP contribution in [0.25, 0.3) is 0 Å². The molecule has 2 aromatic rings. The van der Waals surface area contributed by atoms with Crippen LogP contribution in [0, 0.1) is 6.92 Å². The zero-order valence-electron chi connectivity index (χ0n) is 15.3. The number of benzene rings is 1. The highest BCUT2D eigenvalue weighted by atomic mass is 16.5. The van der Waals surface area contributed by atoms with Crippen LogP contribution < -0.4 is 10.2 Å². The highest BCUT2D eigenvalue weighted by molar-refractivity contribution is 5.86. The molecule has 0 fully saturated rings. The fourth-order valence-corrected chi connectivity index (χ4v) is 3.36. The summed E-state index contributed by atoms with van der Waals surface area (Å²) in [4.78, 5) is 19.3. The molecule has 6 nitrogen and oxygen atoms in total. The molecule has 1 aliphatic rings. The van der Waals surface area contributed by atoms with E-state index in [0.29, 0.717) is 18.3 Å². The Morgan fingerprint density at radius 2 is 2.20 bits per heavy atom. The predicted molar refractivity (Wildman–Crippen MR) is 96.4 cm³/mol. The van der Waals surface area contributed by atoms with Crippen molar-refractivity contribution in [3.63, 3.8) is 0 Å². The van der Waals surface area contributed by atoms with E-state index in [-0.39, 0.29) is 23.9 Å². The van der Waals surface area contributed by atoms with Gasteiger partial charge in [-0.1, -0.05) is 30.3 Å². The van der Waals surface area contributed by atoms with Crippen molar-refractivity contribution in [2.75, 3.05) is 4.90 Å². The van der Waals surface area contributed by atoms with Gasteiger partial charge in [0, 0.05) is 17.8 Å². The van der Waals surface area contributed by atoms with Crippen LogP contribution in [0.15, 0.2) is 28.8 Å². The zero-order valence-corrected chi connectivity index (χ0v) is 15.3. The molecule has 0 saturated carbocycles. The summed E-state index contributed by atoms with van der Waals surface area (Å²) < 4.78 is 5.29. The maximum atomic E-state index is 12.8. The Balaban J connectivity index is 1.88. The van der Waals surface area contributed by atoms with Crippen LogP contribution in [0.5, 0.6) is 0 Å². The van der Waals surface area contributed by atoms with Crippen molar-refractivity contribution < 1.29 is 9.32 Å². The third kappa shape index (κ3) is 3.67. The lowest BCUT2D eigenvalue weighted by molar-refractivity contribution is -0.123. The van der Waals surface area contributed by atoms with E-state index in [1.165, 1.54) is 0 Å². The Labute approximate surface area is 148 Å². The number of aryl methyl sites for hydroxylation is 1. The van der Waals surface area contributed by atoms with E-state index in [2.05, 4.69) is 40.3 Å². The smallest absolute Gasteiger partial charge is 0.246 e. The molecule has 1 amide bonds. The molecule has 0 unspecified atom stereocenters. The second kappa shape index (κ2) is 7.25. The van der Waals surface area contributed by atoms with Gasteiger partial charge in [-0.15, -0.1) is 0 Å². The molecule has 0 bridgehead atoms. The molecule has 0 saturated heterocycles. The van der Waals surface area contributed by atoms with Crippen molar-refractivity contribution in [3.8, 4) is 0 Å². The Hall–Kier alpha value is -2.37. The minimum atomic E-state index is -0.124. The molecule has 1 N–H and O–H groups in total. The van der Waals surface area contributed by atoms with Gasteiger partial charge in [-0.05, 0) is 45.2 Å². The lowest BCUT2D eigenvalue weighted by Gasteiger charge is -2.39. The molecule has 6 heteroatoms. The Kier molecular flexibility index (Phi) is 5.06. The van der Waals surface area contributed by atoms with Gasteiger partial charge in [0.15, 0.2) is 5.82 Å². The first-order valence-electron chi connectivity index (χ1n) is 8.94. The van der Waals surface area contributed by atoms with Gasteiger partial charge in [-0.3, -0.25) is 4.79 Å². The number of carbonyl (C=O) groups is 1. The second-order valence-corrected chi connectivity index (χ2v) is 6.88. The Bertz CT molecular complexity index is 743. The number of amides is 1. The molecule has 1 aliphatic heterocycles. The largest absolute Gasteiger partial charge is 0.359 e. The average Bonchev–Trinajstić information content (AvgIpc) is 3.02. The molecule has 0 spiro atoms. The maximum absolute atomic E-state index is 12.8. The third-order valence-electron chi connectivity index (χ3n) is 4.92. The minimum Gasteiger partial charge on any atom is -0.359 e. The van der Waals surface area contributed by atoms with Crippen molar-refractivity contribution in [1.29, 1.82) is 0 Å². The normalized spacial score (nSPS) is 20.9. The molecule has 1 aromatic carbocycles. The van der Waals surface area contributed by atoms with Gasteiger partial charge >= 0.3 is 0 Å². The van der Waals surface area contributed by atoms with Crippen LogP contribution in [-0.2, 0) is 11.3 Å². The standard InChI is InChI=1S/C19H26N4O2/c1-5-12(2)20-19(24)16-10-13(3)23(11-18-21-14(4)22-25-18)17-9-7-6-8-15(16)17/h6-9,12-13,16H,5,10-11H2,1-4H3,(H,20,24)/t12-,13-,16-/m0/s1. The van der Waals surface area contributed by atoms with Gasteiger partial charge in [-0.2, -0.15) is 4.98 Å². The van der Waals surface area contributed by atoms with E-state index >= 15 is 0 Å². The van der Waals surface area contributed by atoms with Crippen molar-refractivity contribution in [3.05, 3.63) is 41.5 Å². The second-order valence-electron chi connectivity index (χ2n) is 6.88. The highest BCUT2D eigenvalue weighted by Crippen LogP contribution is 2.39. The Morgan fingerprint density at radius 3 is 2.88 bits per heavy atom. The summed E-state index contributed by atoms with van der Waals surface area (Å²) >= 11 is 0. The van der Waals surface area contributed by atoms with Crippen molar-refractivity contribution >= 4 is 11.6 Å². The van der Waals surface area contributed by atoms with E-state index in [9.17, 15) is 4.79 Å². The maximum Gasteiger partial charge on any atom is 0.246 e. The Morgan fingerprint density at radius 1 is 1.44 bits per heavy atom. The van der Waals surface area contributed by atoms with Crippen LogP contribution in [0.2, 0.25) is 0 Å². The van der Waals surface area contributed by atoms with Crippen molar-refractivity contribution in [2.24, 2.45) is 0 Å². The van der Waals surface area contributed by atoms with Crippen molar-refractivity contribution in [1.82, 2.24) is 15.5 Å². The quantitative estimate of drug-likeness (QED) is 0.903. The number of anilines is 1. The van der Waals surface area contributed by atoms with Gasteiger partial charge in [0.25, 0.3) is 0 Å². The fourth-order valence-electron chi connectivity index (χ4n) is 3.36. The first-order chi connectivity index (χ1) is 12.0. The van der Waals surface area contributed by atoms with Crippen LogP contribution in [0.3, 0.4) is 0 Å². The summed E-state index contributed by atoms with van der Waals surface area (Å²) in [6.07, 6.45) is 1.70. The van der Waals surface area contributed by atoms with Crippen LogP contribution in [0.4, 0.5) is 5.69 Å². The summed E-state index contributed by atoms with van der Waals surface area (Å²) in [5.41, 5.74) is 2.14. The first-order valence-corrected chi connectivity index (χ1v) is 8.94. The van der Waals surface area contributed by atoms with Gasteiger partial charge in [-0.25, -0.2) is 0 Å². The van der Waals surface area contributed by atoms with Crippen molar-refractivity contribution in [2.45, 2.75) is 65.1 Å². The number of aromatic nitrogens is 2. The van der Waals surface area contributed by atoms with E-state index in [4.69, 9.17) is 4.52 Å². The molecule has 2 heterocycles. The topological polar surface area (TPSA) is 71.3 Å². The third-order valence-corrected chi connectivity index (χ3v) is 4.92. The minimum absolute atomic E-state index is 0.113. The SMILES string of the molecule is CC[C@H](C)NC(=O)[C@H]1C[C@H](C)N(Cc2nc(C)no2)c2ccccc21. The number of hydrogen-bond donors (Lipinski definition) is 1. The molecule has 3 rings (SSSR count). The van der Waals surface area contributed by atoms with Crippen LogP contribution in [-0.4, -0.2) is 28.1 Å². The lowest BCUT2D eigenvalue weighted by atomic mass is 9.85. The van der Waals surface area contributed by atoms with E-state index in [1.807, 2.05) is 32.0 Å². The number of fused-ring (bicyclic) bond motifs is 1. The van der Waals surface area contributed by atoms with Gasteiger partial charge in [0.2, 0.25) is 11.8 Å². The van der Waals surface area contributed by atoms with E-state index < -0.39 is 0 Å². The lowest BCUT2D eigenvalue weighted by Crippen LogP contribution is -2.44. The number of para-hydroxylation sites is 1. The molecule has 25 heavy (non-hydrogen) atoms. The fraction of sp³-hybridized carbons (Fsp3) is 0.526. The highest BCUT2D eigenvalue weighted by Gasteiger charge is 2.34. The van der Waals surface area contributed by atoms with Crippen LogP contribution >= 0.6 is 0 Å². The van der Waals surface area contributed by atoms with Gasteiger partial charge in [0.05, 0.1) is 12.5 Å². The molecule has 134 valence electrons. The van der Waals surface area contributed by atoms with Crippen LogP contribution in [0.1, 0.15) is 56.8 Å². The number of nitrogens with zero attached hydrogens (tertiary/aromatic N) is 3. The monoisotopic (exact) mass is 342 g/mol. The average molecular weight is 342 g/mol. The number of nitrogens with one attached hydrogen (secondary N) is 1. The van der Waals surface area contributed by atoms with Gasteiger partial charge < -0.3 is 14.7 Å². The van der Waals surface area contributed by atoms with Gasteiger partial charge in [0.1, 0.15) is 0 Å². The number of hydrogen-bond acceptors (Lipinski definition) is 5. The molecule has 1 aromatic heterocycles. The summed E-state index contributed by atoms with van der Waals surface area (Å²) in [7, 11) is 0. The molecule has 0 aliphatic carbocycles. The van der Waals surface area contributed by atoms with E-state index in [0.717, 1.165) is 24.1 Å². The predicted octanol–water partition coefficient (Wildman–Crippen LogP) is 3.18. The number of rotatable bonds is 5. The summed E-state index contributed by atoms with van der Waals surface area (Å²) in [6.45, 7) is 8.63. The zero-order chi connectivity index (χ0) is 18.0. The van der Waals surface area contributed by atoms with E-state index in [1.54, 1.807) is 0 Å². The molecule has 0 radical (unpaired) electrons. The molecular weight excluding hydrogens is 316 g/mol. The summed E-state index contributed by atoms with van der Waals surface area (Å²) in [5.74, 6) is 1.23.